The van der Waals surface area contributed by atoms with Crippen LogP contribution in [0.25, 0.3) is 22.2 Å². The number of pyridine rings is 1. The summed E-state index contributed by atoms with van der Waals surface area (Å²) in [5.74, 6) is -0.326. The van der Waals surface area contributed by atoms with Gasteiger partial charge in [-0.3, -0.25) is 0 Å². The van der Waals surface area contributed by atoms with Crippen LogP contribution in [-0.4, -0.2) is 5.16 Å². The molecule has 4 heteroatoms. The first-order valence-corrected chi connectivity index (χ1v) is 7.38. The van der Waals surface area contributed by atoms with Crippen LogP contribution in [0.5, 0.6) is 0 Å². The maximum Gasteiger partial charge on any atom is 0.178 e. The SMILES string of the molecule is Fc1ccc2c(-c3ccc[n+](Cc4ccccc4)c3)noc2c1. The van der Waals surface area contributed by atoms with Crippen LogP contribution in [0.1, 0.15) is 5.56 Å². The molecule has 0 saturated heterocycles. The summed E-state index contributed by atoms with van der Waals surface area (Å²) in [6, 6.07) is 18.7. The van der Waals surface area contributed by atoms with Gasteiger partial charge in [-0.25, -0.2) is 8.96 Å². The number of hydrogen-bond donors (Lipinski definition) is 0. The van der Waals surface area contributed by atoms with Gasteiger partial charge in [0.1, 0.15) is 11.5 Å². The summed E-state index contributed by atoms with van der Waals surface area (Å²) in [5.41, 5.74) is 3.34. The third kappa shape index (κ3) is 2.71. The fraction of sp³-hybridized carbons (Fsp3) is 0.0526. The van der Waals surface area contributed by atoms with Crippen LogP contribution in [0.2, 0.25) is 0 Å². The number of aromatic nitrogens is 2. The summed E-state index contributed by atoms with van der Waals surface area (Å²) in [6.45, 7) is 0.777. The number of benzene rings is 2. The maximum atomic E-state index is 13.3. The molecular weight excluding hydrogens is 291 g/mol. The van der Waals surface area contributed by atoms with E-state index in [4.69, 9.17) is 4.52 Å². The van der Waals surface area contributed by atoms with Crippen LogP contribution in [0.4, 0.5) is 4.39 Å². The smallest absolute Gasteiger partial charge is 0.178 e. The van der Waals surface area contributed by atoms with Crippen LogP contribution >= 0.6 is 0 Å². The Morgan fingerprint density at radius 2 is 1.87 bits per heavy atom. The highest BCUT2D eigenvalue weighted by Gasteiger charge is 2.14. The lowest BCUT2D eigenvalue weighted by Gasteiger charge is -2.00. The maximum absolute atomic E-state index is 13.3. The molecule has 3 nitrogen and oxygen atoms in total. The van der Waals surface area contributed by atoms with Crippen LogP contribution < -0.4 is 4.57 Å². The molecule has 23 heavy (non-hydrogen) atoms. The summed E-state index contributed by atoms with van der Waals surface area (Å²) < 4.78 is 20.6. The minimum atomic E-state index is -0.326. The first-order valence-electron chi connectivity index (χ1n) is 7.38. The van der Waals surface area contributed by atoms with Crippen molar-refractivity contribution in [3.05, 3.63) is 84.4 Å². The molecule has 0 spiro atoms. The van der Waals surface area contributed by atoms with E-state index in [-0.39, 0.29) is 5.82 Å². The molecule has 2 heterocycles. The van der Waals surface area contributed by atoms with Gasteiger partial charge in [0.2, 0.25) is 0 Å². The largest absolute Gasteiger partial charge is 0.356 e. The van der Waals surface area contributed by atoms with Gasteiger partial charge in [-0.05, 0) is 18.2 Å². The van der Waals surface area contributed by atoms with Gasteiger partial charge in [-0.15, -0.1) is 0 Å². The van der Waals surface area contributed by atoms with Gasteiger partial charge in [-0.1, -0.05) is 35.5 Å². The summed E-state index contributed by atoms with van der Waals surface area (Å²) in [6.07, 6.45) is 4.03. The van der Waals surface area contributed by atoms with Gasteiger partial charge in [0.15, 0.2) is 24.5 Å². The van der Waals surface area contributed by atoms with E-state index in [0.717, 1.165) is 23.2 Å². The van der Waals surface area contributed by atoms with Gasteiger partial charge in [-0.2, -0.15) is 0 Å². The Morgan fingerprint density at radius 1 is 1.00 bits per heavy atom. The molecule has 4 rings (SSSR count). The first-order chi connectivity index (χ1) is 11.3. The van der Waals surface area contributed by atoms with E-state index < -0.39 is 0 Å². The number of halogens is 1. The predicted molar refractivity (Wildman–Crippen MR) is 85.1 cm³/mol. The Hall–Kier alpha value is -3.01. The zero-order valence-corrected chi connectivity index (χ0v) is 12.3. The lowest BCUT2D eigenvalue weighted by molar-refractivity contribution is -0.687. The molecule has 0 aliphatic carbocycles. The molecule has 0 saturated carbocycles. The topological polar surface area (TPSA) is 29.9 Å². The normalized spacial score (nSPS) is 11.0. The van der Waals surface area contributed by atoms with Crippen molar-refractivity contribution in [2.45, 2.75) is 6.54 Å². The van der Waals surface area contributed by atoms with E-state index in [1.165, 1.54) is 17.7 Å². The Labute approximate surface area is 132 Å². The second-order valence-corrected chi connectivity index (χ2v) is 5.42. The third-order valence-electron chi connectivity index (χ3n) is 3.77. The fourth-order valence-electron chi connectivity index (χ4n) is 2.67. The van der Waals surface area contributed by atoms with Crippen molar-refractivity contribution in [1.82, 2.24) is 5.16 Å². The van der Waals surface area contributed by atoms with Crippen molar-refractivity contribution < 1.29 is 13.5 Å². The second-order valence-electron chi connectivity index (χ2n) is 5.42. The van der Waals surface area contributed by atoms with Crippen molar-refractivity contribution in [3.8, 4) is 11.3 Å². The van der Waals surface area contributed by atoms with E-state index in [2.05, 4.69) is 21.9 Å². The quantitative estimate of drug-likeness (QED) is 0.536. The summed E-state index contributed by atoms with van der Waals surface area (Å²) in [7, 11) is 0. The van der Waals surface area contributed by atoms with Crippen LogP contribution in [-0.2, 0) is 6.54 Å². The Balaban J connectivity index is 1.73. The second kappa shape index (κ2) is 5.65. The van der Waals surface area contributed by atoms with E-state index in [1.54, 1.807) is 6.07 Å². The fourth-order valence-corrected chi connectivity index (χ4v) is 2.67. The molecule has 0 atom stereocenters. The third-order valence-corrected chi connectivity index (χ3v) is 3.77. The molecule has 0 fully saturated rings. The Morgan fingerprint density at radius 3 is 2.74 bits per heavy atom. The Kier molecular flexibility index (Phi) is 3.35. The molecule has 4 aromatic rings. The van der Waals surface area contributed by atoms with Crippen molar-refractivity contribution in [1.29, 1.82) is 0 Å². The molecule has 112 valence electrons. The zero-order chi connectivity index (χ0) is 15.6. The highest BCUT2D eigenvalue weighted by atomic mass is 19.1. The van der Waals surface area contributed by atoms with Crippen molar-refractivity contribution in [3.63, 3.8) is 0 Å². The van der Waals surface area contributed by atoms with Gasteiger partial charge < -0.3 is 4.52 Å². The highest BCUT2D eigenvalue weighted by Crippen LogP contribution is 2.27. The van der Waals surface area contributed by atoms with E-state index >= 15 is 0 Å². The average Bonchev–Trinajstić information content (AvgIpc) is 2.99. The standard InChI is InChI=1S/C19H14FN2O/c20-16-8-9-17-18(11-16)23-21-19(17)15-7-4-10-22(13-15)12-14-5-2-1-3-6-14/h1-11,13H,12H2/q+1. The Bertz CT molecular complexity index is 963. The zero-order valence-electron chi connectivity index (χ0n) is 12.3. The number of hydrogen-bond acceptors (Lipinski definition) is 2. The average molecular weight is 305 g/mol. The van der Waals surface area contributed by atoms with Gasteiger partial charge in [0.25, 0.3) is 0 Å². The summed E-state index contributed by atoms with van der Waals surface area (Å²) in [5, 5.41) is 4.91. The summed E-state index contributed by atoms with van der Waals surface area (Å²) >= 11 is 0. The van der Waals surface area contributed by atoms with Gasteiger partial charge >= 0.3 is 0 Å². The molecule has 0 aliphatic rings. The minimum absolute atomic E-state index is 0.326. The molecule has 0 bridgehead atoms. The minimum Gasteiger partial charge on any atom is -0.356 e. The van der Waals surface area contributed by atoms with Crippen molar-refractivity contribution >= 4 is 11.0 Å². The molecule has 0 radical (unpaired) electrons. The highest BCUT2D eigenvalue weighted by molar-refractivity contribution is 5.91. The molecule has 2 aromatic carbocycles. The lowest BCUT2D eigenvalue weighted by atomic mass is 10.1. The predicted octanol–water partition coefficient (Wildman–Crippen LogP) is 3.97. The van der Waals surface area contributed by atoms with Crippen LogP contribution in [0.3, 0.4) is 0 Å². The van der Waals surface area contributed by atoms with E-state index in [9.17, 15) is 4.39 Å². The molecule has 0 unspecified atom stereocenters. The first kappa shape index (κ1) is 13.6. The molecule has 0 aliphatic heterocycles. The van der Waals surface area contributed by atoms with E-state index in [1.807, 2.05) is 42.7 Å². The van der Waals surface area contributed by atoms with Crippen LogP contribution in [0.15, 0.2) is 77.6 Å². The van der Waals surface area contributed by atoms with Crippen molar-refractivity contribution in [2.75, 3.05) is 0 Å². The number of nitrogens with zero attached hydrogens (tertiary/aromatic N) is 2. The van der Waals surface area contributed by atoms with Crippen molar-refractivity contribution in [2.24, 2.45) is 0 Å². The monoisotopic (exact) mass is 305 g/mol. The lowest BCUT2D eigenvalue weighted by Crippen LogP contribution is -2.33. The number of rotatable bonds is 3. The molecule has 2 aromatic heterocycles. The van der Waals surface area contributed by atoms with Crippen LogP contribution in [0, 0.1) is 5.82 Å². The molecular formula is C19H14FN2O+. The van der Waals surface area contributed by atoms with Gasteiger partial charge in [0.05, 0.1) is 10.9 Å². The number of fused-ring (bicyclic) bond motifs is 1. The van der Waals surface area contributed by atoms with Gasteiger partial charge in [0, 0.05) is 17.7 Å². The molecule has 0 N–H and O–H groups in total. The summed E-state index contributed by atoms with van der Waals surface area (Å²) in [4.78, 5) is 0. The molecule has 0 amide bonds. The van der Waals surface area contributed by atoms with E-state index in [0.29, 0.717) is 5.58 Å².